The predicted molar refractivity (Wildman–Crippen MR) is 92.8 cm³/mol. The fourth-order valence-electron chi connectivity index (χ4n) is 2.48. The van der Waals surface area contributed by atoms with Crippen LogP contribution < -0.4 is 10.2 Å². The van der Waals surface area contributed by atoms with E-state index in [1.165, 1.54) is 21.8 Å². The maximum absolute atomic E-state index is 4.92. The maximum Gasteiger partial charge on any atom is 0.190 e. The second-order valence-corrected chi connectivity index (χ2v) is 6.58. The number of nitrogens with one attached hydrogen (secondary N) is 1. The van der Waals surface area contributed by atoms with Gasteiger partial charge in [-0.3, -0.25) is 0 Å². The SMILES string of the molecule is CCN(c1nc(C(C)C)c(CNC)s1)c1ccccc1C. The standard InChI is InChI=1S/C17H25N3S/c1-6-20(14-10-8-7-9-13(14)4)17-19-16(12(2)3)15(21-17)11-18-5/h7-10,12,18H,6,11H2,1-5H3. The van der Waals surface area contributed by atoms with Gasteiger partial charge >= 0.3 is 0 Å². The lowest BCUT2D eigenvalue weighted by atomic mass is 10.1. The number of aromatic nitrogens is 1. The minimum Gasteiger partial charge on any atom is -0.318 e. The molecular formula is C17H25N3S. The molecule has 3 nitrogen and oxygen atoms in total. The normalized spacial score (nSPS) is 11.1. The molecule has 2 aromatic rings. The Hall–Kier alpha value is -1.39. The van der Waals surface area contributed by atoms with Crippen molar-refractivity contribution < 1.29 is 0 Å². The van der Waals surface area contributed by atoms with Crippen LogP contribution in [0.3, 0.4) is 0 Å². The highest BCUT2D eigenvalue weighted by Crippen LogP contribution is 2.35. The van der Waals surface area contributed by atoms with E-state index in [1.807, 2.05) is 7.05 Å². The molecule has 0 spiro atoms. The maximum atomic E-state index is 4.92. The molecule has 0 aliphatic rings. The molecule has 0 unspecified atom stereocenters. The van der Waals surface area contributed by atoms with Gasteiger partial charge in [-0.15, -0.1) is 0 Å². The van der Waals surface area contributed by atoms with Gasteiger partial charge in [0.2, 0.25) is 0 Å². The van der Waals surface area contributed by atoms with Crippen molar-refractivity contribution in [2.75, 3.05) is 18.5 Å². The van der Waals surface area contributed by atoms with Gasteiger partial charge in [0.05, 0.1) is 5.69 Å². The molecule has 0 saturated heterocycles. The third-order valence-corrected chi connectivity index (χ3v) is 4.65. The molecule has 0 radical (unpaired) electrons. The smallest absolute Gasteiger partial charge is 0.190 e. The van der Waals surface area contributed by atoms with Crippen molar-refractivity contribution in [3.63, 3.8) is 0 Å². The van der Waals surface area contributed by atoms with Gasteiger partial charge in [-0.1, -0.05) is 43.4 Å². The molecule has 0 amide bonds. The highest BCUT2D eigenvalue weighted by atomic mass is 32.1. The zero-order chi connectivity index (χ0) is 15.4. The van der Waals surface area contributed by atoms with Crippen LogP contribution in [-0.4, -0.2) is 18.6 Å². The van der Waals surface area contributed by atoms with Gasteiger partial charge in [-0.2, -0.15) is 0 Å². The molecule has 0 saturated carbocycles. The molecule has 1 aromatic carbocycles. The van der Waals surface area contributed by atoms with Crippen LogP contribution in [0.2, 0.25) is 0 Å². The summed E-state index contributed by atoms with van der Waals surface area (Å²) in [5.74, 6) is 0.453. The first-order chi connectivity index (χ1) is 10.1. The largest absolute Gasteiger partial charge is 0.318 e. The van der Waals surface area contributed by atoms with E-state index in [2.05, 4.69) is 62.2 Å². The molecule has 0 aliphatic heterocycles. The Bertz CT molecular complexity index is 589. The molecule has 1 aromatic heterocycles. The van der Waals surface area contributed by atoms with Crippen LogP contribution in [-0.2, 0) is 6.54 Å². The number of anilines is 2. The van der Waals surface area contributed by atoms with Gasteiger partial charge < -0.3 is 10.2 Å². The van der Waals surface area contributed by atoms with Gasteiger partial charge in [0.25, 0.3) is 0 Å². The van der Waals surface area contributed by atoms with Crippen molar-refractivity contribution in [3.05, 3.63) is 40.4 Å². The van der Waals surface area contributed by atoms with E-state index in [1.54, 1.807) is 11.3 Å². The Morgan fingerprint density at radius 3 is 2.57 bits per heavy atom. The highest BCUT2D eigenvalue weighted by molar-refractivity contribution is 7.15. The zero-order valence-corrected chi connectivity index (χ0v) is 14.4. The van der Waals surface area contributed by atoms with Crippen molar-refractivity contribution in [3.8, 4) is 0 Å². The number of rotatable bonds is 6. The molecular weight excluding hydrogens is 278 g/mol. The van der Waals surface area contributed by atoms with Crippen LogP contribution in [0.1, 0.15) is 42.8 Å². The number of hydrogen-bond donors (Lipinski definition) is 1. The number of hydrogen-bond acceptors (Lipinski definition) is 4. The Morgan fingerprint density at radius 2 is 2.00 bits per heavy atom. The molecule has 114 valence electrons. The lowest BCUT2D eigenvalue weighted by Gasteiger charge is -2.22. The van der Waals surface area contributed by atoms with E-state index < -0.39 is 0 Å². The topological polar surface area (TPSA) is 28.2 Å². The molecule has 0 fully saturated rings. The summed E-state index contributed by atoms with van der Waals surface area (Å²) in [6.07, 6.45) is 0. The summed E-state index contributed by atoms with van der Waals surface area (Å²) >= 11 is 1.80. The average molecular weight is 303 g/mol. The Kier molecular flexibility index (Phi) is 5.37. The van der Waals surface area contributed by atoms with Crippen LogP contribution in [0.5, 0.6) is 0 Å². The second-order valence-electron chi connectivity index (χ2n) is 5.52. The van der Waals surface area contributed by atoms with E-state index in [9.17, 15) is 0 Å². The summed E-state index contributed by atoms with van der Waals surface area (Å²) in [7, 11) is 1.99. The van der Waals surface area contributed by atoms with E-state index in [-0.39, 0.29) is 0 Å². The minimum atomic E-state index is 0.453. The van der Waals surface area contributed by atoms with Crippen molar-refractivity contribution in [1.29, 1.82) is 0 Å². The first kappa shape index (κ1) is 16.0. The monoisotopic (exact) mass is 303 g/mol. The second kappa shape index (κ2) is 7.05. The molecule has 4 heteroatoms. The molecule has 2 rings (SSSR count). The van der Waals surface area contributed by atoms with Crippen LogP contribution in [0.25, 0.3) is 0 Å². The quantitative estimate of drug-likeness (QED) is 0.854. The lowest BCUT2D eigenvalue weighted by Crippen LogP contribution is -2.16. The summed E-state index contributed by atoms with van der Waals surface area (Å²) in [6, 6.07) is 8.51. The predicted octanol–water partition coefficient (Wildman–Crippen LogP) is 4.45. The summed E-state index contributed by atoms with van der Waals surface area (Å²) in [5.41, 5.74) is 3.76. The first-order valence-electron chi connectivity index (χ1n) is 7.55. The Morgan fingerprint density at radius 1 is 1.29 bits per heavy atom. The lowest BCUT2D eigenvalue weighted by molar-refractivity contribution is 0.770. The van der Waals surface area contributed by atoms with Gasteiger partial charge in [0, 0.05) is 23.7 Å². The van der Waals surface area contributed by atoms with Gasteiger partial charge in [0.15, 0.2) is 5.13 Å². The van der Waals surface area contributed by atoms with E-state index in [0.717, 1.165) is 18.2 Å². The van der Waals surface area contributed by atoms with Crippen LogP contribution in [0.4, 0.5) is 10.8 Å². The number of thiazole rings is 1. The molecule has 0 aliphatic carbocycles. The number of benzene rings is 1. The van der Waals surface area contributed by atoms with Crippen LogP contribution >= 0.6 is 11.3 Å². The summed E-state index contributed by atoms with van der Waals surface area (Å²) in [6.45, 7) is 10.6. The van der Waals surface area contributed by atoms with Gasteiger partial charge in [0.1, 0.15) is 0 Å². The molecule has 21 heavy (non-hydrogen) atoms. The summed E-state index contributed by atoms with van der Waals surface area (Å²) in [4.78, 5) is 8.57. The fraction of sp³-hybridized carbons (Fsp3) is 0.471. The third-order valence-electron chi connectivity index (χ3n) is 3.55. The van der Waals surface area contributed by atoms with Crippen molar-refractivity contribution in [2.24, 2.45) is 0 Å². The number of para-hydroxylation sites is 1. The van der Waals surface area contributed by atoms with E-state index >= 15 is 0 Å². The number of nitrogens with zero attached hydrogens (tertiary/aromatic N) is 2. The summed E-state index contributed by atoms with van der Waals surface area (Å²) < 4.78 is 0. The van der Waals surface area contributed by atoms with Gasteiger partial charge in [-0.05, 0) is 38.4 Å². The molecule has 1 N–H and O–H groups in total. The third kappa shape index (κ3) is 3.44. The molecule has 0 bridgehead atoms. The fourth-order valence-corrected chi connectivity index (χ4v) is 3.78. The van der Waals surface area contributed by atoms with Crippen molar-refractivity contribution in [2.45, 2.75) is 40.2 Å². The highest BCUT2D eigenvalue weighted by Gasteiger charge is 2.19. The zero-order valence-electron chi connectivity index (χ0n) is 13.6. The van der Waals surface area contributed by atoms with Crippen molar-refractivity contribution >= 4 is 22.2 Å². The molecule has 0 atom stereocenters. The van der Waals surface area contributed by atoms with Gasteiger partial charge in [-0.25, -0.2) is 4.98 Å². The number of aryl methyl sites for hydroxylation is 1. The molecule has 1 heterocycles. The van der Waals surface area contributed by atoms with Crippen molar-refractivity contribution in [1.82, 2.24) is 10.3 Å². The Balaban J connectivity index is 2.43. The Labute approximate surface area is 132 Å². The summed E-state index contributed by atoms with van der Waals surface area (Å²) in [5, 5.41) is 4.35. The average Bonchev–Trinajstić information content (AvgIpc) is 2.86. The van der Waals surface area contributed by atoms with Crippen LogP contribution in [0.15, 0.2) is 24.3 Å². The van der Waals surface area contributed by atoms with E-state index in [4.69, 9.17) is 4.98 Å². The minimum absolute atomic E-state index is 0.453. The first-order valence-corrected chi connectivity index (χ1v) is 8.37. The van der Waals surface area contributed by atoms with Crippen LogP contribution in [0, 0.1) is 6.92 Å². The van der Waals surface area contributed by atoms with E-state index in [0.29, 0.717) is 5.92 Å².